The van der Waals surface area contributed by atoms with Crippen molar-refractivity contribution >= 4 is 49.4 Å². The van der Waals surface area contributed by atoms with Crippen LogP contribution in [0.5, 0.6) is 0 Å². The molecule has 1 heteroatoms. The molecule has 0 radical (unpaired) electrons. The summed E-state index contributed by atoms with van der Waals surface area (Å²) in [7, 11) is 0. The van der Waals surface area contributed by atoms with Gasteiger partial charge < -0.3 is 4.90 Å². The second kappa shape index (κ2) is 9.97. The van der Waals surface area contributed by atoms with E-state index >= 15 is 0 Å². The Bertz CT molecular complexity index is 2300. The van der Waals surface area contributed by atoms with Crippen molar-refractivity contribution in [1.82, 2.24) is 0 Å². The highest BCUT2D eigenvalue weighted by Crippen LogP contribution is 2.45. The fourth-order valence-electron chi connectivity index (χ4n) is 7.24. The number of para-hydroxylation sites is 2. The molecular formula is C43H29N. The predicted octanol–water partition coefficient (Wildman–Crippen LogP) is 11.9. The van der Waals surface area contributed by atoms with Crippen LogP contribution in [0.25, 0.3) is 54.6 Å². The number of benzene rings is 8. The minimum Gasteiger partial charge on any atom is -0.310 e. The summed E-state index contributed by atoms with van der Waals surface area (Å²) in [6.45, 7) is 0. The number of anilines is 3. The van der Waals surface area contributed by atoms with E-state index in [2.05, 4.69) is 169 Å². The number of fused-ring (bicyclic) bond motifs is 7. The normalized spacial score (nSPS) is 12.4. The standard InChI is InChI=1S/C43H29N/c1-2-12-29(13-3-1)39-27-33-28-40(36-17-7-9-19-38(36)43(33)37-18-8-6-16-35(37)39)30-22-24-34(25-23-30)44-41-20-10-4-14-31(41)26-32-15-5-11-21-42(32)44/h1-25,27-28H,26H2. The molecule has 44 heavy (non-hydrogen) atoms. The van der Waals surface area contributed by atoms with Crippen molar-refractivity contribution in [1.29, 1.82) is 0 Å². The molecule has 0 fully saturated rings. The summed E-state index contributed by atoms with van der Waals surface area (Å²) in [6.07, 6.45) is 0.962. The maximum Gasteiger partial charge on any atom is 0.0497 e. The van der Waals surface area contributed by atoms with Crippen LogP contribution in [0.4, 0.5) is 17.1 Å². The first kappa shape index (κ1) is 24.9. The van der Waals surface area contributed by atoms with Gasteiger partial charge in [-0.25, -0.2) is 0 Å². The molecule has 1 nitrogen and oxygen atoms in total. The van der Waals surface area contributed by atoms with Gasteiger partial charge in [0.15, 0.2) is 0 Å². The van der Waals surface area contributed by atoms with Gasteiger partial charge in [0, 0.05) is 23.5 Å². The lowest BCUT2D eigenvalue weighted by Crippen LogP contribution is -2.18. The molecule has 8 aromatic carbocycles. The van der Waals surface area contributed by atoms with Crippen LogP contribution < -0.4 is 4.90 Å². The Kier molecular flexibility index (Phi) is 5.64. The van der Waals surface area contributed by atoms with Crippen LogP contribution in [0.2, 0.25) is 0 Å². The van der Waals surface area contributed by atoms with Crippen LogP contribution in [-0.4, -0.2) is 0 Å². The van der Waals surface area contributed by atoms with Gasteiger partial charge in [-0.15, -0.1) is 0 Å². The van der Waals surface area contributed by atoms with Crippen LogP contribution in [0.3, 0.4) is 0 Å². The second-order valence-electron chi connectivity index (χ2n) is 11.7. The van der Waals surface area contributed by atoms with Crippen LogP contribution in [0.1, 0.15) is 11.1 Å². The Morgan fingerprint density at radius 1 is 0.386 bits per heavy atom. The lowest BCUT2D eigenvalue weighted by molar-refractivity contribution is 1.09. The van der Waals surface area contributed by atoms with Crippen LogP contribution in [0, 0.1) is 0 Å². The Balaban J connectivity index is 1.24. The molecule has 0 atom stereocenters. The SMILES string of the molecule is c1ccc(-c2cc3cc(-c4ccc(N5c6ccccc6Cc6ccccc65)cc4)c4ccccc4c3c3ccccc23)cc1. The first-order chi connectivity index (χ1) is 21.8. The van der Waals surface area contributed by atoms with Gasteiger partial charge in [0.25, 0.3) is 0 Å². The fraction of sp³-hybridized carbons (Fsp3) is 0.0233. The van der Waals surface area contributed by atoms with Gasteiger partial charge in [-0.1, -0.05) is 127 Å². The molecule has 0 unspecified atom stereocenters. The minimum atomic E-state index is 0.962. The second-order valence-corrected chi connectivity index (χ2v) is 11.7. The van der Waals surface area contributed by atoms with Crippen molar-refractivity contribution in [2.75, 3.05) is 4.90 Å². The van der Waals surface area contributed by atoms with Gasteiger partial charge in [-0.3, -0.25) is 0 Å². The molecule has 8 aromatic rings. The molecule has 0 amide bonds. The summed E-state index contributed by atoms with van der Waals surface area (Å²) in [5.41, 5.74) is 11.4. The molecule has 0 aliphatic carbocycles. The average Bonchev–Trinajstić information content (AvgIpc) is 3.10. The van der Waals surface area contributed by atoms with Gasteiger partial charge in [-0.2, -0.15) is 0 Å². The molecule has 9 rings (SSSR count). The van der Waals surface area contributed by atoms with E-state index in [1.54, 1.807) is 0 Å². The lowest BCUT2D eigenvalue weighted by atomic mass is 9.87. The number of hydrogen-bond acceptors (Lipinski definition) is 1. The van der Waals surface area contributed by atoms with Gasteiger partial charge in [-0.05, 0) is 102 Å². The van der Waals surface area contributed by atoms with Crippen molar-refractivity contribution in [3.63, 3.8) is 0 Å². The summed E-state index contributed by atoms with van der Waals surface area (Å²) >= 11 is 0. The number of hydrogen-bond donors (Lipinski definition) is 0. The third-order valence-corrected chi connectivity index (χ3v) is 9.23. The van der Waals surface area contributed by atoms with E-state index in [0.29, 0.717) is 0 Å². The molecule has 1 aliphatic heterocycles. The van der Waals surface area contributed by atoms with Crippen LogP contribution in [0.15, 0.2) is 164 Å². The molecular weight excluding hydrogens is 530 g/mol. The molecule has 1 heterocycles. The third kappa shape index (κ3) is 3.87. The van der Waals surface area contributed by atoms with Gasteiger partial charge >= 0.3 is 0 Å². The maximum atomic E-state index is 2.41. The van der Waals surface area contributed by atoms with Gasteiger partial charge in [0.2, 0.25) is 0 Å². The van der Waals surface area contributed by atoms with E-state index in [9.17, 15) is 0 Å². The van der Waals surface area contributed by atoms with E-state index in [0.717, 1.165) is 6.42 Å². The zero-order valence-electron chi connectivity index (χ0n) is 24.2. The smallest absolute Gasteiger partial charge is 0.0497 e. The van der Waals surface area contributed by atoms with Gasteiger partial charge in [0.05, 0.1) is 0 Å². The van der Waals surface area contributed by atoms with E-state index in [4.69, 9.17) is 0 Å². The van der Waals surface area contributed by atoms with E-state index in [-0.39, 0.29) is 0 Å². The maximum absolute atomic E-state index is 2.41. The van der Waals surface area contributed by atoms with E-state index in [1.807, 2.05) is 0 Å². The van der Waals surface area contributed by atoms with E-state index < -0.39 is 0 Å². The fourth-order valence-corrected chi connectivity index (χ4v) is 7.24. The molecule has 0 saturated heterocycles. The third-order valence-electron chi connectivity index (χ3n) is 9.23. The zero-order chi connectivity index (χ0) is 29.0. The first-order valence-corrected chi connectivity index (χ1v) is 15.3. The quantitative estimate of drug-likeness (QED) is 0.195. The molecule has 1 aliphatic rings. The number of rotatable bonds is 3. The molecule has 206 valence electrons. The highest BCUT2D eigenvalue weighted by molar-refractivity contribution is 6.25. The lowest BCUT2D eigenvalue weighted by Gasteiger charge is -2.33. The van der Waals surface area contributed by atoms with Crippen molar-refractivity contribution in [2.24, 2.45) is 0 Å². The average molecular weight is 560 g/mol. The molecule has 0 aromatic heterocycles. The van der Waals surface area contributed by atoms with Crippen LogP contribution in [-0.2, 0) is 6.42 Å². The predicted molar refractivity (Wildman–Crippen MR) is 187 cm³/mol. The van der Waals surface area contributed by atoms with Crippen LogP contribution >= 0.6 is 0 Å². The summed E-state index contributed by atoms with van der Waals surface area (Å²) in [5.74, 6) is 0. The zero-order valence-corrected chi connectivity index (χ0v) is 24.2. The molecule has 0 saturated carbocycles. The van der Waals surface area contributed by atoms with Crippen molar-refractivity contribution in [3.05, 3.63) is 175 Å². The summed E-state index contributed by atoms with van der Waals surface area (Å²) in [5, 5.41) is 7.73. The minimum absolute atomic E-state index is 0.962. The topological polar surface area (TPSA) is 3.24 Å². The first-order valence-electron chi connectivity index (χ1n) is 15.3. The molecule has 0 bridgehead atoms. The summed E-state index contributed by atoms with van der Waals surface area (Å²) in [4.78, 5) is 2.41. The Labute approximate surface area is 257 Å². The Morgan fingerprint density at radius 3 is 1.41 bits per heavy atom. The van der Waals surface area contributed by atoms with Gasteiger partial charge in [0.1, 0.15) is 0 Å². The van der Waals surface area contributed by atoms with Crippen molar-refractivity contribution in [2.45, 2.75) is 6.42 Å². The monoisotopic (exact) mass is 559 g/mol. The largest absolute Gasteiger partial charge is 0.310 e. The van der Waals surface area contributed by atoms with Crippen molar-refractivity contribution in [3.8, 4) is 22.3 Å². The highest BCUT2D eigenvalue weighted by Gasteiger charge is 2.23. The molecule has 0 N–H and O–H groups in total. The Hall–Kier alpha value is -5.66. The number of nitrogens with zero attached hydrogens (tertiary/aromatic N) is 1. The summed E-state index contributed by atoms with van der Waals surface area (Å²) < 4.78 is 0. The van der Waals surface area contributed by atoms with Crippen molar-refractivity contribution < 1.29 is 0 Å². The van der Waals surface area contributed by atoms with E-state index in [1.165, 1.54) is 82.8 Å². The molecule has 0 spiro atoms. The Morgan fingerprint density at radius 2 is 0.841 bits per heavy atom. The highest BCUT2D eigenvalue weighted by atomic mass is 15.2. The summed E-state index contributed by atoms with van der Waals surface area (Å²) in [6, 6.07) is 60.0.